The number of nitrogens with one attached hydrogen (secondary N) is 1. The van der Waals surface area contributed by atoms with Crippen molar-refractivity contribution in [2.24, 2.45) is 11.8 Å². The van der Waals surface area contributed by atoms with Crippen molar-refractivity contribution in [1.82, 2.24) is 9.88 Å². The molecule has 0 spiro atoms. The Balaban J connectivity index is 1.60. The van der Waals surface area contributed by atoms with E-state index in [4.69, 9.17) is 0 Å². The fourth-order valence-electron chi connectivity index (χ4n) is 4.57. The van der Waals surface area contributed by atoms with Crippen molar-refractivity contribution in [3.05, 3.63) is 40.1 Å². The molecule has 2 heterocycles. The molecule has 2 fully saturated rings. The first-order valence-corrected chi connectivity index (χ1v) is 8.72. The highest BCUT2D eigenvalue weighted by Crippen LogP contribution is 2.42. The fourth-order valence-corrected chi connectivity index (χ4v) is 4.57. The van der Waals surface area contributed by atoms with Crippen LogP contribution in [-0.4, -0.2) is 44.4 Å². The second-order valence-electron chi connectivity index (χ2n) is 7.16. The molecule has 0 bridgehead atoms. The van der Waals surface area contributed by atoms with E-state index >= 15 is 0 Å². The van der Waals surface area contributed by atoms with Crippen LogP contribution in [0.1, 0.15) is 24.8 Å². The minimum atomic E-state index is -0.942. The summed E-state index contributed by atoms with van der Waals surface area (Å²) in [4.78, 5) is 39.6. The van der Waals surface area contributed by atoms with Crippen LogP contribution in [0.4, 0.5) is 5.69 Å². The largest absolute Gasteiger partial charge is 0.480 e. The van der Waals surface area contributed by atoms with Crippen molar-refractivity contribution in [2.45, 2.75) is 31.7 Å². The van der Waals surface area contributed by atoms with Gasteiger partial charge in [0.25, 0.3) is 5.69 Å². The monoisotopic (exact) mass is 357 g/mol. The number of amides is 1. The molecule has 2 N–H and O–H groups in total. The average molecular weight is 357 g/mol. The molecule has 26 heavy (non-hydrogen) atoms. The molecule has 1 saturated carbocycles. The number of H-pyrrole nitrogens is 1. The maximum Gasteiger partial charge on any atom is 0.326 e. The number of carboxylic acids is 1. The van der Waals surface area contributed by atoms with Gasteiger partial charge in [-0.3, -0.25) is 14.9 Å². The number of fused-ring (bicyclic) bond motifs is 2. The lowest BCUT2D eigenvalue weighted by Gasteiger charge is -2.24. The Kier molecular flexibility index (Phi) is 3.90. The van der Waals surface area contributed by atoms with Crippen LogP contribution < -0.4 is 0 Å². The number of aliphatic carboxylic acids is 1. The molecule has 2 aromatic rings. The van der Waals surface area contributed by atoms with Gasteiger partial charge in [-0.2, -0.15) is 0 Å². The molecule has 3 atom stereocenters. The van der Waals surface area contributed by atoms with Gasteiger partial charge in [0.2, 0.25) is 5.91 Å². The lowest BCUT2D eigenvalue weighted by Crippen LogP contribution is -2.43. The zero-order chi connectivity index (χ0) is 18.4. The SMILES string of the molecule is O=C(O)C1C2CCCC2CN1C(=O)Cc1c[nH]c2ccc([N+](=O)[O-])cc12. The number of hydrogen-bond donors (Lipinski definition) is 2. The summed E-state index contributed by atoms with van der Waals surface area (Å²) < 4.78 is 0. The van der Waals surface area contributed by atoms with Gasteiger partial charge in [0.15, 0.2) is 0 Å². The van der Waals surface area contributed by atoms with Gasteiger partial charge in [0.05, 0.1) is 11.3 Å². The highest BCUT2D eigenvalue weighted by Gasteiger charge is 2.49. The number of aromatic nitrogens is 1. The first-order chi connectivity index (χ1) is 12.5. The number of carbonyl (C=O) groups is 2. The molecule has 1 aliphatic carbocycles. The number of carbonyl (C=O) groups excluding carboxylic acids is 1. The number of benzene rings is 1. The van der Waals surface area contributed by atoms with Crippen LogP contribution in [0, 0.1) is 22.0 Å². The van der Waals surface area contributed by atoms with Gasteiger partial charge in [0, 0.05) is 35.8 Å². The third-order valence-electron chi connectivity index (χ3n) is 5.77. The predicted molar refractivity (Wildman–Crippen MR) is 92.6 cm³/mol. The molecule has 1 amide bonds. The van der Waals surface area contributed by atoms with Gasteiger partial charge >= 0.3 is 5.97 Å². The maximum atomic E-state index is 12.8. The van der Waals surface area contributed by atoms with Crippen molar-refractivity contribution < 1.29 is 19.6 Å². The van der Waals surface area contributed by atoms with E-state index in [1.165, 1.54) is 17.0 Å². The lowest BCUT2D eigenvalue weighted by atomic mass is 9.94. The van der Waals surface area contributed by atoms with Crippen LogP contribution in [0.25, 0.3) is 10.9 Å². The first kappa shape index (κ1) is 16.6. The molecule has 1 aliphatic heterocycles. The summed E-state index contributed by atoms with van der Waals surface area (Å²) in [5.74, 6) is -0.869. The van der Waals surface area contributed by atoms with E-state index in [0.717, 1.165) is 19.3 Å². The van der Waals surface area contributed by atoms with E-state index in [1.807, 2.05) is 0 Å². The van der Waals surface area contributed by atoms with Crippen LogP contribution in [0.15, 0.2) is 24.4 Å². The van der Waals surface area contributed by atoms with E-state index in [0.29, 0.717) is 23.0 Å². The Hall–Kier alpha value is -2.90. The van der Waals surface area contributed by atoms with E-state index < -0.39 is 16.9 Å². The summed E-state index contributed by atoms with van der Waals surface area (Å²) in [7, 11) is 0. The molecule has 4 rings (SSSR count). The molecule has 136 valence electrons. The van der Waals surface area contributed by atoms with Crippen molar-refractivity contribution >= 4 is 28.5 Å². The molecule has 1 saturated heterocycles. The number of carboxylic acid groups (broad SMARTS) is 1. The zero-order valence-electron chi connectivity index (χ0n) is 14.1. The standard InChI is InChI=1S/C18H19N3O5/c22-16(20-9-10-2-1-3-13(10)17(20)18(23)24)6-11-8-19-15-5-4-12(21(25)26)7-14(11)15/h4-5,7-8,10,13,17,19H,1-3,6,9H2,(H,23,24). The van der Waals surface area contributed by atoms with Crippen LogP contribution >= 0.6 is 0 Å². The number of likely N-dealkylation sites (tertiary alicyclic amines) is 1. The molecule has 1 aromatic heterocycles. The number of hydrogen-bond acceptors (Lipinski definition) is 4. The van der Waals surface area contributed by atoms with Gasteiger partial charge in [-0.05, 0) is 36.3 Å². The lowest BCUT2D eigenvalue weighted by molar-refractivity contribution is -0.384. The molecule has 3 unspecified atom stereocenters. The smallest absolute Gasteiger partial charge is 0.326 e. The number of rotatable bonds is 4. The van der Waals surface area contributed by atoms with Crippen LogP contribution in [0.3, 0.4) is 0 Å². The summed E-state index contributed by atoms with van der Waals surface area (Å²) in [6, 6.07) is 3.71. The van der Waals surface area contributed by atoms with Gasteiger partial charge in [-0.25, -0.2) is 4.79 Å². The molecular weight excluding hydrogens is 338 g/mol. The molecule has 0 radical (unpaired) electrons. The van der Waals surface area contributed by atoms with Gasteiger partial charge in [-0.1, -0.05) is 6.42 Å². The first-order valence-electron chi connectivity index (χ1n) is 8.72. The topological polar surface area (TPSA) is 117 Å². The van der Waals surface area contributed by atoms with Gasteiger partial charge in [-0.15, -0.1) is 0 Å². The Morgan fingerprint density at radius 1 is 1.35 bits per heavy atom. The Bertz CT molecular complexity index is 905. The Morgan fingerprint density at radius 3 is 2.88 bits per heavy atom. The molecule has 8 nitrogen and oxygen atoms in total. The van der Waals surface area contributed by atoms with E-state index in [-0.39, 0.29) is 29.9 Å². The Morgan fingerprint density at radius 2 is 2.15 bits per heavy atom. The van der Waals surface area contributed by atoms with E-state index in [9.17, 15) is 24.8 Å². The number of aromatic amines is 1. The summed E-state index contributed by atoms with van der Waals surface area (Å²) >= 11 is 0. The molecule has 8 heteroatoms. The molecule has 2 aliphatic rings. The van der Waals surface area contributed by atoms with Crippen LogP contribution in [0.2, 0.25) is 0 Å². The van der Waals surface area contributed by atoms with Crippen molar-refractivity contribution in [3.63, 3.8) is 0 Å². The zero-order valence-corrected chi connectivity index (χ0v) is 14.1. The predicted octanol–water partition coefficient (Wildman–Crippen LogP) is 2.33. The maximum absolute atomic E-state index is 12.8. The quantitative estimate of drug-likeness (QED) is 0.643. The third-order valence-corrected chi connectivity index (χ3v) is 5.77. The average Bonchev–Trinajstić information content (AvgIpc) is 3.27. The summed E-state index contributed by atoms with van der Waals surface area (Å²) in [6.07, 6.45) is 4.54. The van der Waals surface area contributed by atoms with Crippen molar-refractivity contribution in [1.29, 1.82) is 0 Å². The summed E-state index contributed by atoms with van der Waals surface area (Å²) in [6.45, 7) is 0.489. The summed E-state index contributed by atoms with van der Waals surface area (Å²) in [5.41, 5.74) is 1.33. The number of nitro benzene ring substituents is 1. The normalized spacial score (nSPS) is 24.8. The number of nitrogens with zero attached hydrogens (tertiary/aromatic N) is 2. The van der Waals surface area contributed by atoms with Gasteiger partial charge < -0.3 is 15.0 Å². The third kappa shape index (κ3) is 2.61. The highest BCUT2D eigenvalue weighted by atomic mass is 16.6. The number of nitro groups is 1. The number of non-ortho nitro benzene ring substituents is 1. The second kappa shape index (κ2) is 6.12. The summed E-state index contributed by atoms with van der Waals surface area (Å²) in [5, 5.41) is 21.2. The van der Waals surface area contributed by atoms with Crippen molar-refractivity contribution in [3.8, 4) is 0 Å². The minimum Gasteiger partial charge on any atom is -0.480 e. The fraction of sp³-hybridized carbons (Fsp3) is 0.444. The van der Waals surface area contributed by atoms with E-state index in [1.54, 1.807) is 12.3 Å². The van der Waals surface area contributed by atoms with Crippen molar-refractivity contribution in [2.75, 3.05) is 6.54 Å². The Labute approximate surface area is 148 Å². The van der Waals surface area contributed by atoms with Crippen LogP contribution in [-0.2, 0) is 16.0 Å². The minimum absolute atomic E-state index is 0.0321. The van der Waals surface area contributed by atoms with E-state index in [2.05, 4.69) is 4.98 Å². The second-order valence-corrected chi connectivity index (χ2v) is 7.16. The molecular formula is C18H19N3O5. The molecule has 1 aromatic carbocycles. The van der Waals surface area contributed by atoms with Crippen LogP contribution in [0.5, 0.6) is 0 Å². The highest BCUT2D eigenvalue weighted by molar-refractivity contribution is 5.92. The van der Waals surface area contributed by atoms with Gasteiger partial charge in [0.1, 0.15) is 6.04 Å².